The molecule has 0 aromatic heterocycles. The molecule has 0 heterocycles. The van der Waals surface area contributed by atoms with Crippen LogP contribution < -0.4 is 4.74 Å². The maximum Gasteiger partial charge on any atom is 0.440 e. The summed E-state index contributed by atoms with van der Waals surface area (Å²) in [6, 6.07) is 5.04. The number of halogens is 2. The van der Waals surface area contributed by atoms with Crippen LogP contribution in [0.4, 0.5) is 0 Å². The zero-order valence-corrected chi connectivity index (χ0v) is 15.9. The highest BCUT2D eigenvalue weighted by Crippen LogP contribution is 2.63. The first-order valence-electron chi connectivity index (χ1n) is 6.72. The van der Waals surface area contributed by atoms with E-state index in [9.17, 15) is 4.57 Å². The van der Waals surface area contributed by atoms with Crippen molar-refractivity contribution in [3.05, 3.63) is 34.3 Å². The van der Waals surface area contributed by atoms with Crippen molar-refractivity contribution in [2.45, 2.75) is 20.3 Å². The minimum atomic E-state index is -3.34. The molecule has 4 nitrogen and oxygen atoms in total. The lowest BCUT2D eigenvalue weighted by atomic mass is 10.2. The van der Waals surface area contributed by atoms with Crippen LogP contribution in [0.15, 0.2) is 23.7 Å². The van der Waals surface area contributed by atoms with Crippen LogP contribution in [0.1, 0.15) is 25.8 Å². The molecule has 0 radical (unpaired) electrons. The Balaban J connectivity index is 3.03. The van der Waals surface area contributed by atoms with Gasteiger partial charge in [0.15, 0.2) is 0 Å². The van der Waals surface area contributed by atoms with Crippen LogP contribution in [0.3, 0.4) is 0 Å². The summed E-state index contributed by atoms with van der Waals surface area (Å²) in [5, 5.41) is 0.384. The SMILES string of the molecule is CCCSP(=O)(OCC)OC(=CCl)c1ccc(OC)cc1Cl. The second-order valence-electron chi connectivity index (χ2n) is 4.11. The smallest absolute Gasteiger partial charge is 0.440 e. The van der Waals surface area contributed by atoms with Crippen molar-refractivity contribution >= 4 is 47.1 Å². The maximum atomic E-state index is 12.7. The molecule has 0 bridgehead atoms. The van der Waals surface area contributed by atoms with Gasteiger partial charge < -0.3 is 9.26 Å². The van der Waals surface area contributed by atoms with Gasteiger partial charge in [0.2, 0.25) is 0 Å². The van der Waals surface area contributed by atoms with E-state index in [1.165, 1.54) is 5.54 Å². The molecular weight excluding hydrogens is 366 g/mol. The highest BCUT2D eigenvalue weighted by atomic mass is 35.5. The summed E-state index contributed by atoms with van der Waals surface area (Å²) in [6.45, 7) is 0.684. The van der Waals surface area contributed by atoms with E-state index in [-0.39, 0.29) is 12.4 Å². The summed E-state index contributed by atoms with van der Waals surface area (Å²) < 4.78 is 28.7. The summed E-state index contributed by atoms with van der Waals surface area (Å²) in [5.41, 5.74) is 1.72. The lowest BCUT2D eigenvalue weighted by molar-refractivity contribution is 0.287. The topological polar surface area (TPSA) is 44.8 Å². The van der Waals surface area contributed by atoms with Gasteiger partial charge >= 0.3 is 6.80 Å². The molecule has 0 aliphatic heterocycles. The second kappa shape index (κ2) is 9.74. The van der Waals surface area contributed by atoms with Crippen molar-refractivity contribution < 1.29 is 18.3 Å². The summed E-state index contributed by atoms with van der Waals surface area (Å²) in [4.78, 5) is 0. The van der Waals surface area contributed by atoms with Gasteiger partial charge in [0.1, 0.15) is 11.5 Å². The van der Waals surface area contributed by atoms with Crippen molar-refractivity contribution in [3.63, 3.8) is 0 Å². The standard InChI is InChI=1S/C14H19Cl2O4PS/c1-4-8-22-21(17,19-5-2)20-14(10-15)12-7-6-11(18-3)9-13(12)16/h6-7,9-10H,4-5,8H2,1-3H3. The molecular formula is C14H19Cl2O4PS. The Morgan fingerprint density at radius 1 is 1.41 bits per heavy atom. The normalized spacial score (nSPS) is 14.5. The summed E-state index contributed by atoms with van der Waals surface area (Å²) in [5.74, 6) is 1.47. The Morgan fingerprint density at radius 2 is 2.14 bits per heavy atom. The van der Waals surface area contributed by atoms with E-state index >= 15 is 0 Å². The Bertz CT molecular complexity index is 566. The van der Waals surface area contributed by atoms with Gasteiger partial charge in [0.25, 0.3) is 0 Å². The van der Waals surface area contributed by atoms with E-state index in [0.29, 0.717) is 22.1 Å². The molecule has 1 atom stereocenters. The zero-order valence-electron chi connectivity index (χ0n) is 12.7. The molecule has 1 unspecified atom stereocenters. The van der Waals surface area contributed by atoms with E-state index in [2.05, 4.69) is 0 Å². The van der Waals surface area contributed by atoms with Gasteiger partial charge in [-0.1, -0.05) is 30.1 Å². The number of hydrogen-bond acceptors (Lipinski definition) is 5. The zero-order chi connectivity index (χ0) is 16.6. The monoisotopic (exact) mass is 384 g/mol. The molecule has 124 valence electrons. The van der Waals surface area contributed by atoms with Crippen LogP contribution in [-0.2, 0) is 13.6 Å². The average Bonchev–Trinajstić information content (AvgIpc) is 2.51. The number of benzene rings is 1. The van der Waals surface area contributed by atoms with Crippen LogP contribution in [0.2, 0.25) is 5.02 Å². The number of hydrogen-bond donors (Lipinski definition) is 0. The molecule has 1 aromatic carbocycles. The molecule has 0 fully saturated rings. The second-order valence-corrected chi connectivity index (χ2v) is 8.85. The Hall–Kier alpha value is -0.320. The third-order valence-corrected chi connectivity index (χ3v) is 6.94. The highest BCUT2D eigenvalue weighted by molar-refractivity contribution is 8.55. The summed E-state index contributed by atoms with van der Waals surface area (Å²) in [7, 11) is 1.55. The fraction of sp³-hybridized carbons (Fsp3) is 0.429. The molecule has 1 rings (SSSR count). The van der Waals surface area contributed by atoms with Crippen LogP contribution in [0, 0.1) is 0 Å². The first-order valence-corrected chi connectivity index (χ1v) is 10.7. The molecule has 0 spiro atoms. The van der Waals surface area contributed by atoms with Crippen molar-refractivity contribution in [1.29, 1.82) is 0 Å². The van der Waals surface area contributed by atoms with Crippen molar-refractivity contribution in [1.82, 2.24) is 0 Å². The Kier molecular flexibility index (Phi) is 8.73. The Labute approximate surface area is 145 Å². The highest BCUT2D eigenvalue weighted by Gasteiger charge is 2.28. The maximum absolute atomic E-state index is 12.7. The van der Waals surface area contributed by atoms with E-state index in [1.807, 2.05) is 6.92 Å². The number of ether oxygens (including phenoxy) is 1. The van der Waals surface area contributed by atoms with Gasteiger partial charge in [-0.2, -0.15) is 0 Å². The van der Waals surface area contributed by atoms with Gasteiger partial charge in [-0.05, 0) is 42.9 Å². The van der Waals surface area contributed by atoms with E-state index in [4.69, 9.17) is 37.0 Å². The quantitative estimate of drug-likeness (QED) is 0.375. The first kappa shape index (κ1) is 19.7. The number of rotatable bonds is 9. The van der Waals surface area contributed by atoms with Gasteiger partial charge in [-0.25, -0.2) is 4.57 Å². The van der Waals surface area contributed by atoms with Crippen LogP contribution in [0.5, 0.6) is 5.75 Å². The third kappa shape index (κ3) is 5.71. The van der Waals surface area contributed by atoms with E-state index < -0.39 is 6.80 Å². The Morgan fingerprint density at radius 3 is 2.64 bits per heavy atom. The molecule has 0 saturated carbocycles. The predicted octanol–water partition coefficient (Wildman–Crippen LogP) is 6.19. The molecule has 1 aromatic rings. The third-order valence-electron chi connectivity index (χ3n) is 2.49. The summed E-state index contributed by atoms with van der Waals surface area (Å²) in [6.07, 6.45) is 0.855. The minimum Gasteiger partial charge on any atom is -0.497 e. The average molecular weight is 385 g/mol. The van der Waals surface area contributed by atoms with Gasteiger partial charge in [0.05, 0.1) is 18.7 Å². The fourth-order valence-corrected chi connectivity index (χ4v) is 5.46. The molecule has 0 N–H and O–H groups in total. The van der Waals surface area contributed by atoms with Gasteiger partial charge in [0, 0.05) is 16.9 Å². The lowest BCUT2D eigenvalue weighted by Gasteiger charge is -2.19. The molecule has 0 saturated heterocycles. The van der Waals surface area contributed by atoms with Crippen molar-refractivity contribution in [3.8, 4) is 5.75 Å². The molecule has 0 aliphatic rings. The number of methoxy groups -OCH3 is 1. The summed E-state index contributed by atoms with van der Waals surface area (Å²) >= 11 is 13.2. The van der Waals surface area contributed by atoms with Crippen molar-refractivity contribution in [2.24, 2.45) is 0 Å². The molecule has 0 amide bonds. The van der Waals surface area contributed by atoms with Crippen molar-refractivity contribution in [2.75, 3.05) is 19.5 Å². The fourth-order valence-electron chi connectivity index (χ4n) is 1.52. The van der Waals surface area contributed by atoms with Gasteiger partial charge in [-0.15, -0.1) is 0 Å². The van der Waals surface area contributed by atoms with E-state index in [0.717, 1.165) is 17.8 Å². The van der Waals surface area contributed by atoms with Crippen LogP contribution in [-0.4, -0.2) is 19.5 Å². The predicted molar refractivity (Wildman–Crippen MR) is 94.9 cm³/mol. The van der Waals surface area contributed by atoms with Crippen LogP contribution in [0.25, 0.3) is 5.76 Å². The largest absolute Gasteiger partial charge is 0.497 e. The van der Waals surface area contributed by atoms with Crippen LogP contribution >= 0.6 is 41.4 Å². The lowest BCUT2D eigenvalue weighted by Crippen LogP contribution is -1.96. The van der Waals surface area contributed by atoms with E-state index in [1.54, 1.807) is 32.2 Å². The molecule has 22 heavy (non-hydrogen) atoms. The molecule has 0 aliphatic carbocycles. The first-order chi connectivity index (χ1) is 10.5. The molecule has 8 heteroatoms. The van der Waals surface area contributed by atoms with Gasteiger partial charge in [-0.3, -0.25) is 4.52 Å². The minimum absolute atomic E-state index is 0.203.